The highest BCUT2D eigenvalue weighted by Crippen LogP contribution is 2.27. The third-order valence-corrected chi connectivity index (χ3v) is 4.36. The average molecular weight is 321 g/mol. The molecule has 0 aromatic carbocycles. The van der Waals surface area contributed by atoms with Gasteiger partial charge in [-0.1, -0.05) is 0 Å². The lowest BCUT2D eigenvalue weighted by Crippen LogP contribution is -2.08. The molecule has 0 aliphatic heterocycles. The molecule has 0 saturated heterocycles. The van der Waals surface area contributed by atoms with Crippen molar-refractivity contribution in [2.24, 2.45) is 4.99 Å². The molecule has 0 N–H and O–H groups in total. The highest BCUT2D eigenvalue weighted by molar-refractivity contribution is 7.99. The zero-order valence-electron chi connectivity index (χ0n) is 12.0. The third kappa shape index (κ3) is 3.89. The number of amides is 1. The molecule has 0 radical (unpaired) electrons. The Kier molecular flexibility index (Phi) is 5.46. The molecule has 0 spiro atoms. The molecule has 0 unspecified atom stereocenters. The molecule has 2 rings (SSSR count). The van der Waals surface area contributed by atoms with Crippen LogP contribution in [0.25, 0.3) is 10.6 Å². The molecule has 5 nitrogen and oxygen atoms in total. The van der Waals surface area contributed by atoms with Crippen LogP contribution >= 0.6 is 23.1 Å². The molecule has 0 bridgehead atoms. The number of rotatable bonds is 4. The van der Waals surface area contributed by atoms with E-state index in [-0.39, 0.29) is 5.91 Å². The van der Waals surface area contributed by atoms with Gasteiger partial charge in [0, 0.05) is 18.0 Å². The van der Waals surface area contributed by atoms with E-state index in [4.69, 9.17) is 4.74 Å². The second kappa shape index (κ2) is 7.33. The number of aliphatic imine (C=N–C) groups is 1. The normalized spacial score (nSPS) is 11.5. The molecule has 2 heterocycles. The number of aromatic nitrogens is 2. The van der Waals surface area contributed by atoms with Crippen molar-refractivity contribution in [1.29, 1.82) is 0 Å². The van der Waals surface area contributed by atoms with Gasteiger partial charge < -0.3 is 4.74 Å². The van der Waals surface area contributed by atoms with Crippen LogP contribution in [0.15, 0.2) is 29.5 Å². The number of nitrogens with zero attached hydrogens (tertiary/aromatic N) is 3. The second-order valence-electron chi connectivity index (χ2n) is 4.12. The van der Waals surface area contributed by atoms with Gasteiger partial charge in [-0.25, -0.2) is 4.98 Å². The fraction of sp³-hybridized carbons (Fsp3) is 0.286. The van der Waals surface area contributed by atoms with Crippen molar-refractivity contribution in [2.75, 3.05) is 19.1 Å². The highest BCUT2D eigenvalue weighted by atomic mass is 32.2. The van der Waals surface area contributed by atoms with Crippen LogP contribution in [0.3, 0.4) is 0 Å². The summed E-state index contributed by atoms with van der Waals surface area (Å²) in [7, 11) is 1.52. The molecule has 0 aliphatic rings. The Morgan fingerprint density at radius 1 is 1.52 bits per heavy atom. The summed E-state index contributed by atoms with van der Waals surface area (Å²) >= 11 is 2.87. The van der Waals surface area contributed by atoms with E-state index in [2.05, 4.69) is 15.0 Å². The van der Waals surface area contributed by atoms with Crippen molar-refractivity contribution >= 4 is 34.9 Å². The number of pyridine rings is 1. The van der Waals surface area contributed by atoms with Gasteiger partial charge in [0.15, 0.2) is 0 Å². The van der Waals surface area contributed by atoms with Crippen LogP contribution in [-0.4, -0.2) is 40.9 Å². The predicted molar refractivity (Wildman–Crippen MR) is 87.2 cm³/mol. The summed E-state index contributed by atoms with van der Waals surface area (Å²) in [4.78, 5) is 25.3. The number of methoxy groups -OCH3 is 1. The molecule has 0 fully saturated rings. The van der Waals surface area contributed by atoms with Crippen molar-refractivity contribution in [1.82, 2.24) is 9.97 Å². The smallest absolute Gasteiger partial charge is 0.292 e. The Balaban J connectivity index is 2.29. The number of ether oxygens (including phenoxy) is 1. The van der Waals surface area contributed by atoms with E-state index in [1.54, 1.807) is 31.1 Å². The lowest BCUT2D eigenvalue weighted by Gasteiger charge is -2.01. The van der Waals surface area contributed by atoms with Crippen LogP contribution in [0.5, 0.6) is 0 Å². The Bertz CT molecular complexity index is 653. The van der Waals surface area contributed by atoms with E-state index in [9.17, 15) is 4.79 Å². The zero-order valence-corrected chi connectivity index (χ0v) is 13.6. The van der Waals surface area contributed by atoms with E-state index < -0.39 is 0 Å². The summed E-state index contributed by atoms with van der Waals surface area (Å²) in [5.41, 5.74) is 1.57. The lowest BCUT2D eigenvalue weighted by molar-refractivity contribution is 0.100. The average Bonchev–Trinajstić information content (AvgIpc) is 2.89. The van der Waals surface area contributed by atoms with Crippen molar-refractivity contribution in [3.05, 3.63) is 35.1 Å². The molecule has 2 aromatic rings. The maximum Gasteiger partial charge on any atom is 0.292 e. The molecule has 0 saturated carbocycles. The first-order chi connectivity index (χ1) is 10.2. The number of carbonyl (C=O) groups is 1. The van der Waals surface area contributed by atoms with Crippen molar-refractivity contribution in [3.8, 4) is 10.6 Å². The van der Waals surface area contributed by atoms with Crippen LogP contribution in [0.4, 0.5) is 0 Å². The summed E-state index contributed by atoms with van der Waals surface area (Å²) in [6, 6.07) is 3.75. The van der Waals surface area contributed by atoms with Crippen LogP contribution in [0, 0.1) is 6.92 Å². The Labute approximate surface area is 131 Å². The van der Waals surface area contributed by atoms with Gasteiger partial charge in [0.25, 0.3) is 5.91 Å². The lowest BCUT2D eigenvalue weighted by atomic mass is 10.3. The van der Waals surface area contributed by atoms with Crippen LogP contribution in [0.1, 0.15) is 15.4 Å². The molecular formula is C14H15N3O2S2. The first-order valence-corrected chi connectivity index (χ1v) is 8.39. The molecule has 2 aromatic heterocycles. The number of aryl methyl sites for hydroxylation is 1. The van der Waals surface area contributed by atoms with Crippen LogP contribution in [-0.2, 0) is 4.74 Å². The minimum Gasteiger partial charge on any atom is -0.483 e. The summed E-state index contributed by atoms with van der Waals surface area (Å²) in [5, 5.41) is 0.767. The van der Waals surface area contributed by atoms with E-state index in [1.807, 2.05) is 18.4 Å². The fourth-order valence-electron chi connectivity index (χ4n) is 1.63. The van der Waals surface area contributed by atoms with E-state index >= 15 is 0 Å². The van der Waals surface area contributed by atoms with Crippen molar-refractivity contribution in [2.45, 2.75) is 6.92 Å². The summed E-state index contributed by atoms with van der Waals surface area (Å²) in [5.74, 6) is 0.671. The maximum atomic E-state index is 12.2. The quantitative estimate of drug-likeness (QED) is 0.639. The first kappa shape index (κ1) is 15.7. The molecule has 1 amide bonds. The van der Waals surface area contributed by atoms with Gasteiger partial charge in [-0.3, -0.25) is 9.78 Å². The van der Waals surface area contributed by atoms with Crippen molar-refractivity contribution in [3.63, 3.8) is 0 Å². The highest BCUT2D eigenvalue weighted by Gasteiger charge is 2.16. The van der Waals surface area contributed by atoms with Crippen LogP contribution < -0.4 is 0 Å². The first-order valence-electron chi connectivity index (χ1n) is 6.18. The maximum absolute atomic E-state index is 12.2. The van der Waals surface area contributed by atoms with Gasteiger partial charge >= 0.3 is 0 Å². The molecule has 0 atom stereocenters. The summed E-state index contributed by atoms with van der Waals surface area (Å²) < 4.78 is 5.10. The van der Waals surface area contributed by atoms with Gasteiger partial charge in [0.2, 0.25) is 5.90 Å². The van der Waals surface area contributed by atoms with Crippen molar-refractivity contribution < 1.29 is 9.53 Å². The molecule has 0 aliphatic carbocycles. The minimum absolute atomic E-state index is 0.314. The summed E-state index contributed by atoms with van der Waals surface area (Å²) in [6.07, 6.45) is 5.36. The van der Waals surface area contributed by atoms with E-state index in [0.29, 0.717) is 22.2 Å². The third-order valence-electron chi connectivity index (χ3n) is 2.63. The Morgan fingerprint density at radius 3 is 2.95 bits per heavy atom. The van der Waals surface area contributed by atoms with Gasteiger partial charge in [-0.15, -0.1) is 11.3 Å². The van der Waals surface area contributed by atoms with Gasteiger partial charge in [0.05, 0.1) is 18.6 Å². The Hall–Kier alpha value is -1.73. The molecule has 110 valence electrons. The number of carbonyl (C=O) groups excluding carboxylic acids is 1. The van der Waals surface area contributed by atoms with Crippen LogP contribution in [0.2, 0.25) is 0 Å². The van der Waals surface area contributed by atoms with Gasteiger partial charge in [-0.05, 0) is 25.3 Å². The van der Waals surface area contributed by atoms with Gasteiger partial charge in [-0.2, -0.15) is 16.8 Å². The topological polar surface area (TPSA) is 64.4 Å². The predicted octanol–water partition coefficient (Wildman–Crippen LogP) is 3.06. The fourth-order valence-corrected chi connectivity index (χ4v) is 3.00. The molecule has 7 heteroatoms. The van der Waals surface area contributed by atoms with E-state index in [0.717, 1.165) is 10.6 Å². The second-order valence-corrected chi connectivity index (χ2v) is 5.99. The largest absolute Gasteiger partial charge is 0.483 e. The minimum atomic E-state index is -0.314. The number of hydrogen-bond acceptors (Lipinski definition) is 6. The number of thioether (sulfide) groups is 1. The summed E-state index contributed by atoms with van der Waals surface area (Å²) in [6.45, 7) is 1.81. The standard InChI is InChI=1S/C14H15N3O2S2/c1-9-12(13(18)17-11(19-2)8-20-3)21-14(16-9)10-5-4-6-15-7-10/h4-7H,8H2,1-3H3. The molecular weight excluding hydrogens is 306 g/mol. The van der Waals surface area contributed by atoms with Gasteiger partial charge in [0.1, 0.15) is 9.88 Å². The number of hydrogen-bond donors (Lipinski definition) is 0. The monoisotopic (exact) mass is 321 g/mol. The Morgan fingerprint density at radius 2 is 2.33 bits per heavy atom. The van der Waals surface area contributed by atoms with E-state index in [1.165, 1.54) is 18.4 Å². The zero-order chi connectivity index (χ0) is 15.2. The number of thiazole rings is 1. The molecule has 21 heavy (non-hydrogen) atoms. The SMILES string of the molecule is COC(CSC)=NC(=O)c1sc(-c2cccnc2)nc1C.